The second-order valence-corrected chi connectivity index (χ2v) is 8.60. The van der Waals surface area contributed by atoms with Crippen LogP contribution < -0.4 is 5.32 Å². The van der Waals surface area contributed by atoms with Crippen LogP contribution in [0, 0.1) is 6.92 Å². The van der Waals surface area contributed by atoms with Crippen molar-refractivity contribution in [2.75, 3.05) is 6.54 Å². The number of unbranched alkanes of at least 4 members (excludes halogenated alkanes) is 2. The molecule has 0 radical (unpaired) electrons. The largest absolute Gasteiger partial charge is 0.352 e. The number of hydrogen-bond donors (Lipinski definition) is 1. The Morgan fingerprint density at radius 3 is 2.47 bits per heavy atom. The van der Waals surface area contributed by atoms with E-state index in [2.05, 4.69) is 40.2 Å². The van der Waals surface area contributed by atoms with Crippen LogP contribution in [0.1, 0.15) is 46.6 Å². The van der Waals surface area contributed by atoms with Crippen LogP contribution in [0.5, 0.6) is 0 Å². The summed E-state index contributed by atoms with van der Waals surface area (Å²) in [6, 6.07) is 23.9. The summed E-state index contributed by atoms with van der Waals surface area (Å²) in [6.45, 7) is 3.49. The van der Waals surface area contributed by atoms with E-state index in [4.69, 9.17) is 16.6 Å². The maximum Gasteiger partial charge on any atom is 0.251 e. The van der Waals surface area contributed by atoms with Gasteiger partial charge < -0.3 is 9.88 Å². The van der Waals surface area contributed by atoms with Gasteiger partial charge in [0.15, 0.2) is 0 Å². The summed E-state index contributed by atoms with van der Waals surface area (Å²) in [5.41, 5.74) is 5.26. The molecule has 0 bridgehead atoms. The molecule has 0 unspecified atom stereocenters. The van der Waals surface area contributed by atoms with Gasteiger partial charge in [-0.1, -0.05) is 60.0 Å². The van der Waals surface area contributed by atoms with Crippen LogP contribution in [0.15, 0.2) is 72.8 Å². The number of rotatable bonds is 9. The number of carbonyl (C=O) groups is 1. The highest BCUT2D eigenvalue weighted by atomic mass is 35.5. The Morgan fingerprint density at radius 1 is 0.938 bits per heavy atom. The first-order valence-corrected chi connectivity index (χ1v) is 11.5. The number of aromatic nitrogens is 2. The lowest BCUT2D eigenvalue weighted by atomic mass is 10.1. The minimum absolute atomic E-state index is 0.00485. The summed E-state index contributed by atoms with van der Waals surface area (Å²) in [6.07, 6.45) is 3.94. The van der Waals surface area contributed by atoms with E-state index in [1.807, 2.05) is 49.4 Å². The molecule has 4 rings (SSSR count). The highest BCUT2D eigenvalue weighted by Crippen LogP contribution is 2.20. The van der Waals surface area contributed by atoms with Crippen LogP contribution >= 0.6 is 11.6 Å². The van der Waals surface area contributed by atoms with Gasteiger partial charge >= 0.3 is 0 Å². The monoisotopic (exact) mass is 445 g/mol. The fourth-order valence-electron chi connectivity index (χ4n) is 3.86. The topological polar surface area (TPSA) is 46.9 Å². The third-order valence-corrected chi connectivity index (χ3v) is 5.92. The Bertz CT molecular complexity index is 1180. The lowest BCUT2D eigenvalue weighted by Crippen LogP contribution is -2.24. The molecule has 0 atom stereocenters. The first kappa shape index (κ1) is 22.1. The molecule has 164 valence electrons. The fourth-order valence-corrected chi connectivity index (χ4v) is 3.98. The number of halogens is 1. The maximum atomic E-state index is 12.2. The van der Waals surface area contributed by atoms with Gasteiger partial charge in [0.1, 0.15) is 5.82 Å². The average Bonchev–Trinajstić information content (AvgIpc) is 3.15. The fraction of sp³-hybridized carbons (Fsp3) is 0.259. The number of para-hydroxylation sites is 2. The van der Waals surface area contributed by atoms with Crippen molar-refractivity contribution in [2.24, 2.45) is 0 Å². The van der Waals surface area contributed by atoms with Gasteiger partial charge in [0.05, 0.1) is 11.0 Å². The number of hydrogen-bond acceptors (Lipinski definition) is 2. The molecule has 1 N–H and O–H groups in total. The summed E-state index contributed by atoms with van der Waals surface area (Å²) in [5, 5.41) is 3.77. The van der Waals surface area contributed by atoms with Gasteiger partial charge in [-0.05, 0) is 61.7 Å². The number of amides is 1. The van der Waals surface area contributed by atoms with Gasteiger partial charge in [0.25, 0.3) is 5.91 Å². The normalized spacial score (nSPS) is 11.1. The first-order chi connectivity index (χ1) is 15.6. The van der Waals surface area contributed by atoms with Crippen LogP contribution in [-0.2, 0) is 13.0 Å². The van der Waals surface area contributed by atoms with Crippen molar-refractivity contribution < 1.29 is 4.79 Å². The van der Waals surface area contributed by atoms with E-state index in [0.717, 1.165) is 59.7 Å². The molecule has 3 aromatic carbocycles. The van der Waals surface area contributed by atoms with E-state index >= 15 is 0 Å². The number of nitrogens with zero attached hydrogens (tertiary/aromatic N) is 2. The number of carbonyl (C=O) groups excluding carboxylic acids is 1. The van der Waals surface area contributed by atoms with Crippen LogP contribution in [0.25, 0.3) is 11.0 Å². The number of benzene rings is 3. The molecule has 1 aromatic heterocycles. The molecule has 0 fully saturated rings. The number of fused-ring (bicyclic) bond motifs is 1. The molecule has 5 heteroatoms. The van der Waals surface area contributed by atoms with Crippen LogP contribution in [0.3, 0.4) is 0 Å². The van der Waals surface area contributed by atoms with Crippen LogP contribution in [0.2, 0.25) is 5.02 Å². The standard InChI is InChI=1S/C27H28ClN3O/c1-20-10-14-22(15-11-20)27(32)29-18-6-2-3-9-26-30-24-7-4-5-8-25(24)31(26)19-21-12-16-23(28)17-13-21/h4-5,7-8,10-17H,2-3,6,9,18-19H2,1H3,(H,29,32). The van der Waals surface area contributed by atoms with Crippen LogP contribution in [-0.4, -0.2) is 22.0 Å². The Balaban J connectivity index is 1.31. The van der Waals surface area contributed by atoms with Gasteiger partial charge in [-0.2, -0.15) is 0 Å². The van der Waals surface area contributed by atoms with Crippen LogP contribution in [0.4, 0.5) is 0 Å². The van der Waals surface area contributed by atoms with E-state index in [0.29, 0.717) is 12.1 Å². The molecule has 0 aliphatic rings. The molecule has 0 aliphatic heterocycles. The third-order valence-electron chi connectivity index (χ3n) is 5.66. The van der Waals surface area contributed by atoms with Gasteiger partial charge in [0.2, 0.25) is 0 Å². The van der Waals surface area contributed by atoms with E-state index in [-0.39, 0.29) is 5.91 Å². The molecule has 32 heavy (non-hydrogen) atoms. The molecule has 0 saturated heterocycles. The molecule has 4 nitrogen and oxygen atoms in total. The Kier molecular flexibility index (Phi) is 7.23. The highest BCUT2D eigenvalue weighted by Gasteiger charge is 2.11. The van der Waals surface area contributed by atoms with E-state index in [1.165, 1.54) is 5.56 Å². The number of aryl methyl sites for hydroxylation is 2. The van der Waals surface area contributed by atoms with Crippen molar-refractivity contribution in [1.29, 1.82) is 0 Å². The van der Waals surface area contributed by atoms with E-state index < -0.39 is 0 Å². The molecule has 1 heterocycles. The lowest BCUT2D eigenvalue weighted by Gasteiger charge is -2.10. The van der Waals surface area contributed by atoms with Gasteiger partial charge in [-0.25, -0.2) is 4.98 Å². The molecule has 0 saturated carbocycles. The second-order valence-electron chi connectivity index (χ2n) is 8.16. The lowest BCUT2D eigenvalue weighted by molar-refractivity contribution is 0.0953. The Labute approximate surface area is 194 Å². The predicted molar refractivity (Wildman–Crippen MR) is 131 cm³/mol. The third kappa shape index (κ3) is 5.57. The van der Waals surface area contributed by atoms with Gasteiger partial charge in [-0.15, -0.1) is 0 Å². The second kappa shape index (κ2) is 10.5. The Hall–Kier alpha value is -3.11. The summed E-state index contributed by atoms with van der Waals surface area (Å²) in [4.78, 5) is 17.1. The first-order valence-electron chi connectivity index (χ1n) is 11.1. The minimum atomic E-state index is -0.00485. The average molecular weight is 446 g/mol. The molecule has 4 aromatic rings. The Morgan fingerprint density at radius 2 is 1.69 bits per heavy atom. The SMILES string of the molecule is Cc1ccc(C(=O)NCCCCCc2nc3ccccc3n2Cc2ccc(Cl)cc2)cc1. The summed E-state index contributed by atoms with van der Waals surface area (Å²) < 4.78 is 2.30. The quantitative estimate of drug-likeness (QED) is 0.312. The summed E-state index contributed by atoms with van der Waals surface area (Å²) in [7, 11) is 0. The summed E-state index contributed by atoms with van der Waals surface area (Å²) >= 11 is 6.05. The van der Waals surface area contributed by atoms with Gasteiger partial charge in [-0.3, -0.25) is 4.79 Å². The molecule has 0 spiro atoms. The molecule has 1 amide bonds. The van der Waals surface area contributed by atoms with Gasteiger partial charge in [0, 0.05) is 30.1 Å². The van der Waals surface area contributed by atoms with Crippen molar-refractivity contribution in [3.8, 4) is 0 Å². The number of nitrogens with one attached hydrogen (secondary N) is 1. The van der Waals surface area contributed by atoms with Crippen molar-refractivity contribution in [2.45, 2.75) is 39.2 Å². The minimum Gasteiger partial charge on any atom is -0.352 e. The maximum absolute atomic E-state index is 12.2. The van der Waals surface area contributed by atoms with Crippen molar-refractivity contribution in [3.63, 3.8) is 0 Å². The van der Waals surface area contributed by atoms with Crippen molar-refractivity contribution >= 4 is 28.5 Å². The zero-order chi connectivity index (χ0) is 22.3. The van der Waals surface area contributed by atoms with Crippen molar-refractivity contribution in [3.05, 3.63) is 100 Å². The zero-order valence-electron chi connectivity index (χ0n) is 18.4. The summed E-state index contributed by atoms with van der Waals surface area (Å²) in [5.74, 6) is 1.10. The molecular formula is C27H28ClN3O. The zero-order valence-corrected chi connectivity index (χ0v) is 19.1. The van der Waals surface area contributed by atoms with E-state index in [9.17, 15) is 4.79 Å². The number of imidazole rings is 1. The van der Waals surface area contributed by atoms with E-state index in [1.54, 1.807) is 0 Å². The highest BCUT2D eigenvalue weighted by molar-refractivity contribution is 6.30. The molecule has 0 aliphatic carbocycles. The smallest absolute Gasteiger partial charge is 0.251 e. The predicted octanol–water partition coefficient (Wildman–Crippen LogP) is 6.19. The molecular weight excluding hydrogens is 418 g/mol. The van der Waals surface area contributed by atoms with Crippen molar-refractivity contribution in [1.82, 2.24) is 14.9 Å².